The summed E-state index contributed by atoms with van der Waals surface area (Å²) < 4.78 is 36.9. The number of aliphatic hydroxyl groups is 1. The predicted molar refractivity (Wildman–Crippen MR) is 224 cm³/mol. The maximum absolute atomic E-state index is 13.8. The summed E-state index contributed by atoms with van der Waals surface area (Å²) in [6.45, 7) is 11.0. The second kappa shape index (κ2) is 16.4. The minimum Gasteiger partial charge on any atom is -0.455 e. The SMILES string of the molecule is CC1(C)CCC(CN2CCN(c3ccc(C(=O)NS(=O)(=O)c4ccc(NCC5CCC(C)(O)CC5)c([N+](=O)[O-])c4)c(Oc4cnc5[nH]ccc5c4)c3)CC2)=C(Br)C1. The Morgan fingerprint density at radius 1 is 1.07 bits per heavy atom. The molecular formula is C41H50BrN7O7S. The highest BCUT2D eigenvalue weighted by atomic mass is 79.9. The third kappa shape index (κ3) is 9.79. The van der Waals surface area contributed by atoms with Crippen LogP contribution in [0.5, 0.6) is 11.5 Å². The predicted octanol–water partition coefficient (Wildman–Crippen LogP) is 7.72. The molecule has 4 N–H and O–H groups in total. The molecule has 14 nitrogen and oxygen atoms in total. The molecule has 3 heterocycles. The monoisotopic (exact) mass is 863 g/mol. The van der Waals surface area contributed by atoms with E-state index < -0.39 is 37.0 Å². The summed E-state index contributed by atoms with van der Waals surface area (Å²) in [5.74, 6) is -0.259. The highest BCUT2D eigenvalue weighted by molar-refractivity contribution is 9.11. The zero-order valence-corrected chi connectivity index (χ0v) is 34.9. The van der Waals surface area contributed by atoms with Crippen LogP contribution in [-0.4, -0.2) is 84.1 Å². The van der Waals surface area contributed by atoms with E-state index in [1.165, 1.54) is 40.9 Å². The van der Waals surface area contributed by atoms with E-state index >= 15 is 0 Å². The van der Waals surface area contributed by atoms with Gasteiger partial charge in [0, 0.05) is 68.7 Å². The number of ether oxygens (including phenoxy) is 1. The van der Waals surface area contributed by atoms with Gasteiger partial charge in [0.05, 0.1) is 27.2 Å². The molecule has 0 spiro atoms. The number of piperazine rings is 1. The van der Waals surface area contributed by atoms with Gasteiger partial charge in [0.2, 0.25) is 0 Å². The van der Waals surface area contributed by atoms with E-state index in [4.69, 9.17) is 4.74 Å². The number of halogens is 1. The topological polar surface area (TPSA) is 183 Å². The largest absolute Gasteiger partial charge is 0.455 e. The maximum atomic E-state index is 13.8. The molecule has 1 saturated carbocycles. The number of nitro groups is 1. The minimum atomic E-state index is -4.55. The molecule has 1 amide bonds. The summed E-state index contributed by atoms with van der Waals surface area (Å²) in [5, 5.41) is 26.2. The van der Waals surface area contributed by atoms with Crippen molar-refractivity contribution in [2.24, 2.45) is 11.3 Å². The summed E-state index contributed by atoms with van der Waals surface area (Å²) in [4.78, 5) is 36.9. The van der Waals surface area contributed by atoms with Gasteiger partial charge in [-0.3, -0.25) is 19.8 Å². The Balaban J connectivity index is 1.08. The zero-order chi connectivity index (χ0) is 40.5. The smallest absolute Gasteiger partial charge is 0.293 e. The van der Waals surface area contributed by atoms with Gasteiger partial charge in [-0.1, -0.05) is 29.8 Å². The maximum Gasteiger partial charge on any atom is 0.293 e. The standard InChI is InChI=1S/C41H50BrN7O7S/c1-40(2)12-10-29(34(42)23-40)26-47-16-18-48(19-17-47)30-4-6-33(37(21-30)56-31-20-28-11-15-43-38(28)45-25-31)39(50)46-57(54,55)32-5-7-35(36(22-32)49(52)53)44-24-27-8-13-41(3,51)14-9-27/h4-7,11,15,20-22,25,27,44,51H,8-10,12-14,16-19,23-24,26H2,1-3H3,(H,43,45)(H,46,50). The van der Waals surface area contributed by atoms with Crippen molar-refractivity contribution in [2.45, 2.75) is 76.2 Å². The van der Waals surface area contributed by atoms with Crippen molar-refractivity contribution < 1.29 is 28.0 Å². The summed E-state index contributed by atoms with van der Waals surface area (Å²) in [5.41, 5.74) is 2.25. The fourth-order valence-electron chi connectivity index (χ4n) is 7.91. The Kier molecular flexibility index (Phi) is 11.7. The first-order valence-corrected chi connectivity index (χ1v) is 21.7. The van der Waals surface area contributed by atoms with Gasteiger partial charge in [0.15, 0.2) is 0 Å². The van der Waals surface area contributed by atoms with Crippen molar-refractivity contribution in [2.75, 3.05) is 49.5 Å². The lowest BCUT2D eigenvalue weighted by Crippen LogP contribution is -2.47. The second-order valence-electron chi connectivity index (χ2n) is 16.7. The minimum absolute atomic E-state index is 0.0358. The van der Waals surface area contributed by atoms with Crippen molar-refractivity contribution in [3.05, 3.63) is 86.7 Å². The molecule has 2 aliphatic carbocycles. The van der Waals surface area contributed by atoms with Gasteiger partial charge in [-0.25, -0.2) is 18.1 Å². The molecule has 3 aliphatic rings. The van der Waals surface area contributed by atoms with Gasteiger partial charge in [-0.15, -0.1) is 0 Å². The Hall–Kier alpha value is -4.51. The first kappa shape index (κ1) is 40.7. The van der Waals surface area contributed by atoms with Gasteiger partial charge in [-0.05, 0) is 110 Å². The molecular weight excluding hydrogens is 814 g/mol. The number of nitrogens with one attached hydrogen (secondary N) is 3. The third-order valence-corrected chi connectivity index (χ3v) is 13.7. The summed E-state index contributed by atoms with van der Waals surface area (Å²) in [7, 11) is -4.55. The second-order valence-corrected chi connectivity index (χ2v) is 19.3. The highest BCUT2D eigenvalue weighted by Gasteiger charge is 2.31. The molecule has 0 unspecified atom stereocenters. The molecule has 16 heteroatoms. The number of carbonyl (C=O) groups is 1. The van der Waals surface area contributed by atoms with E-state index in [2.05, 4.69) is 59.6 Å². The molecule has 0 bridgehead atoms. The lowest BCUT2D eigenvalue weighted by Gasteiger charge is -2.38. The quantitative estimate of drug-likeness (QED) is 0.0809. The van der Waals surface area contributed by atoms with Crippen LogP contribution in [0.2, 0.25) is 0 Å². The van der Waals surface area contributed by atoms with Crippen LogP contribution in [0, 0.1) is 21.4 Å². The lowest BCUT2D eigenvalue weighted by atomic mass is 9.78. The van der Waals surface area contributed by atoms with Gasteiger partial charge >= 0.3 is 0 Å². The Labute approximate surface area is 341 Å². The van der Waals surface area contributed by atoms with Crippen LogP contribution in [0.1, 0.15) is 76.1 Å². The zero-order valence-electron chi connectivity index (χ0n) is 32.5. The normalized spacial score (nSPS) is 21.7. The number of carbonyl (C=O) groups excluding carboxylic acids is 1. The van der Waals surface area contributed by atoms with Crippen molar-refractivity contribution in [3.8, 4) is 11.5 Å². The van der Waals surface area contributed by atoms with E-state index in [-0.39, 0.29) is 22.9 Å². The number of anilines is 2. The molecule has 4 aromatic rings. The van der Waals surface area contributed by atoms with Gasteiger partial charge in [0.1, 0.15) is 22.8 Å². The van der Waals surface area contributed by atoms with E-state index in [1.807, 2.05) is 13.0 Å². The Morgan fingerprint density at radius 2 is 1.82 bits per heavy atom. The molecule has 2 fully saturated rings. The molecule has 57 heavy (non-hydrogen) atoms. The number of pyridine rings is 1. The average molecular weight is 865 g/mol. The van der Waals surface area contributed by atoms with Crippen LogP contribution in [0.4, 0.5) is 17.1 Å². The number of sulfonamides is 1. The number of rotatable bonds is 12. The number of benzene rings is 2. The highest BCUT2D eigenvalue weighted by Crippen LogP contribution is 2.41. The number of nitrogens with zero attached hydrogens (tertiary/aromatic N) is 4. The number of hydrogen-bond donors (Lipinski definition) is 4. The number of aromatic nitrogens is 2. The molecule has 7 rings (SSSR count). The Bertz CT molecular complexity index is 2290. The number of amides is 1. The summed E-state index contributed by atoms with van der Waals surface area (Å²) in [6.07, 6.45) is 9.40. The first-order valence-electron chi connectivity index (χ1n) is 19.4. The molecule has 1 aliphatic heterocycles. The third-order valence-electron chi connectivity index (χ3n) is 11.6. The van der Waals surface area contributed by atoms with Gasteiger partial charge in [0.25, 0.3) is 21.6 Å². The molecule has 304 valence electrons. The number of H-pyrrole nitrogens is 1. The lowest BCUT2D eigenvalue weighted by molar-refractivity contribution is -0.384. The average Bonchev–Trinajstić information content (AvgIpc) is 3.63. The van der Waals surface area contributed by atoms with Crippen LogP contribution in [-0.2, 0) is 10.0 Å². The fraction of sp³-hybridized carbons (Fsp3) is 0.463. The number of nitro benzene ring substituents is 1. The molecule has 2 aromatic heterocycles. The first-order chi connectivity index (χ1) is 27.0. The van der Waals surface area contributed by atoms with Crippen molar-refractivity contribution in [1.29, 1.82) is 0 Å². The van der Waals surface area contributed by atoms with E-state index in [0.29, 0.717) is 36.2 Å². The summed E-state index contributed by atoms with van der Waals surface area (Å²) in [6, 6.07) is 12.2. The molecule has 2 aromatic carbocycles. The molecule has 0 atom stereocenters. The van der Waals surface area contributed by atoms with Crippen LogP contribution in [0.25, 0.3) is 11.0 Å². The van der Waals surface area contributed by atoms with Crippen LogP contribution >= 0.6 is 15.9 Å². The Morgan fingerprint density at radius 3 is 2.54 bits per heavy atom. The van der Waals surface area contributed by atoms with E-state index in [0.717, 1.165) is 75.5 Å². The summed E-state index contributed by atoms with van der Waals surface area (Å²) >= 11 is 3.85. The van der Waals surface area contributed by atoms with Crippen molar-refractivity contribution in [3.63, 3.8) is 0 Å². The molecule has 0 radical (unpaired) electrons. The number of allylic oxidation sites excluding steroid dienone is 1. The van der Waals surface area contributed by atoms with Gasteiger partial charge in [-0.2, -0.15) is 0 Å². The van der Waals surface area contributed by atoms with Gasteiger partial charge < -0.3 is 25.0 Å². The number of fused-ring (bicyclic) bond motifs is 1. The fourth-order valence-corrected chi connectivity index (χ4v) is 9.98. The molecule has 1 saturated heterocycles. The van der Waals surface area contributed by atoms with Crippen molar-refractivity contribution >= 4 is 60.0 Å². The van der Waals surface area contributed by atoms with Crippen LogP contribution < -0.4 is 19.7 Å². The van der Waals surface area contributed by atoms with Crippen LogP contribution in [0.15, 0.2) is 75.9 Å². The van der Waals surface area contributed by atoms with Crippen molar-refractivity contribution in [1.82, 2.24) is 19.6 Å². The van der Waals surface area contributed by atoms with E-state index in [1.54, 1.807) is 24.4 Å². The number of hydrogen-bond acceptors (Lipinski definition) is 11. The van der Waals surface area contributed by atoms with Crippen LogP contribution in [0.3, 0.4) is 0 Å². The van der Waals surface area contributed by atoms with E-state index in [9.17, 15) is 28.4 Å². The number of aromatic amines is 1.